The van der Waals surface area contributed by atoms with Crippen molar-refractivity contribution >= 4 is 22.6 Å². The molecule has 1 atom stereocenters. The summed E-state index contributed by atoms with van der Waals surface area (Å²) >= 11 is 5.76. The molecule has 0 spiro atoms. The molecule has 3 rings (SSSR count). The number of hydrogen-bond acceptors (Lipinski definition) is 5. The minimum absolute atomic E-state index is 0.190. The topological polar surface area (TPSA) is 81.6 Å². The van der Waals surface area contributed by atoms with Gasteiger partial charge in [-0.15, -0.1) is 10.2 Å². The zero-order chi connectivity index (χ0) is 18.4. The molecule has 25 heavy (non-hydrogen) atoms. The van der Waals surface area contributed by atoms with Crippen molar-refractivity contribution in [2.75, 3.05) is 0 Å². The van der Waals surface area contributed by atoms with Gasteiger partial charge in [0.25, 0.3) is 5.88 Å². The van der Waals surface area contributed by atoms with Crippen molar-refractivity contribution in [2.45, 2.75) is 19.1 Å². The minimum Gasteiger partial charge on any atom is -0.436 e. The van der Waals surface area contributed by atoms with Crippen molar-refractivity contribution in [2.24, 2.45) is 7.05 Å². The van der Waals surface area contributed by atoms with Crippen LogP contribution in [0.2, 0.25) is 5.02 Å². The van der Waals surface area contributed by atoms with E-state index in [4.69, 9.17) is 21.6 Å². The number of aromatic nitrogens is 5. The third kappa shape index (κ3) is 2.98. The quantitative estimate of drug-likeness (QED) is 0.702. The van der Waals surface area contributed by atoms with E-state index in [9.17, 15) is 13.2 Å². The van der Waals surface area contributed by atoms with Gasteiger partial charge in [-0.3, -0.25) is 4.68 Å². The highest BCUT2D eigenvalue weighted by Gasteiger charge is 2.39. The number of benzene rings is 1. The lowest BCUT2D eigenvalue weighted by Gasteiger charge is -2.06. The van der Waals surface area contributed by atoms with E-state index in [-0.39, 0.29) is 11.6 Å². The van der Waals surface area contributed by atoms with Crippen LogP contribution in [0.5, 0.6) is 11.6 Å². The van der Waals surface area contributed by atoms with E-state index in [0.717, 1.165) is 7.05 Å². The Kier molecular flexibility index (Phi) is 4.04. The molecule has 0 aliphatic carbocycles. The molecular formula is C14H10ClF3N6O. The van der Waals surface area contributed by atoms with Gasteiger partial charge in [-0.25, -0.2) is 4.68 Å². The van der Waals surface area contributed by atoms with Crippen LogP contribution < -0.4 is 4.74 Å². The Hall–Kier alpha value is -2.80. The fraction of sp³-hybridized carbons (Fsp3) is 0.286. The average Bonchev–Trinajstić information content (AvgIpc) is 3.07. The number of fused-ring (bicyclic) bond motifs is 1. The summed E-state index contributed by atoms with van der Waals surface area (Å²) in [5.41, 5.74) is -0.0951. The van der Waals surface area contributed by atoms with E-state index in [1.807, 2.05) is 6.07 Å². The van der Waals surface area contributed by atoms with E-state index in [1.165, 1.54) is 16.8 Å². The second-order valence-corrected chi connectivity index (χ2v) is 5.56. The summed E-state index contributed by atoms with van der Waals surface area (Å²) in [4.78, 5) is 0. The molecule has 11 heteroatoms. The maximum Gasteiger partial charge on any atom is 0.434 e. The van der Waals surface area contributed by atoms with Crippen molar-refractivity contribution < 1.29 is 17.9 Å². The van der Waals surface area contributed by atoms with Crippen LogP contribution >= 0.6 is 11.6 Å². The lowest BCUT2D eigenvalue weighted by atomic mass is 10.2. The Morgan fingerprint density at radius 1 is 1.36 bits per heavy atom. The first-order valence-electron chi connectivity index (χ1n) is 6.94. The number of aryl methyl sites for hydroxylation is 1. The number of hydrogen-bond donors (Lipinski definition) is 0. The maximum absolute atomic E-state index is 13.0. The predicted molar refractivity (Wildman–Crippen MR) is 81.1 cm³/mol. The molecular weight excluding hydrogens is 361 g/mol. The van der Waals surface area contributed by atoms with Crippen LogP contribution in [0, 0.1) is 11.3 Å². The second-order valence-electron chi connectivity index (χ2n) is 5.18. The van der Waals surface area contributed by atoms with Gasteiger partial charge in [0.15, 0.2) is 5.69 Å². The van der Waals surface area contributed by atoms with Crippen molar-refractivity contribution in [1.29, 1.82) is 5.26 Å². The lowest BCUT2D eigenvalue weighted by Crippen LogP contribution is -2.12. The lowest BCUT2D eigenvalue weighted by molar-refractivity contribution is -0.143. The molecule has 0 saturated heterocycles. The Balaban J connectivity index is 2.01. The molecule has 1 aromatic carbocycles. The van der Waals surface area contributed by atoms with Crippen molar-refractivity contribution in [3.8, 4) is 17.7 Å². The monoisotopic (exact) mass is 370 g/mol. The van der Waals surface area contributed by atoms with Gasteiger partial charge >= 0.3 is 6.18 Å². The van der Waals surface area contributed by atoms with Crippen LogP contribution in [-0.4, -0.2) is 24.8 Å². The van der Waals surface area contributed by atoms with E-state index >= 15 is 0 Å². The Bertz CT molecular complexity index is 987. The Morgan fingerprint density at radius 2 is 2.08 bits per heavy atom. The first-order valence-corrected chi connectivity index (χ1v) is 7.32. The number of nitrogens with zero attached hydrogens (tertiary/aromatic N) is 6. The molecule has 2 heterocycles. The molecule has 3 aromatic rings. The molecule has 0 radical (unpaired) electrons. The SMILES string of the molecule is CC(C#N)n1nnc2ccc(Oc3nn(C)c(C(F)(F)F)c3Cl)cc21. The molecule has 0 saturated carbocycles. The molecule has 130 valence electrons. The summed E-state index contributed by atoms with van der Waals surface area (Å²) in [7, 11) is 1.12. The summed E-state index contributed by atoms with van der Waals surface area (Å²) in [5, 5.41) is 19.8. The highest BCUT2D eigenvalue weighted by atomic mass is 35.5. The number of ether oxygens (including phenoxy) is 1. The van der Waals surface area contributed by atoms with Crippen LogP contribution in [-0.2, 0) is 13.2 Å². The van der Waals surface area contributed by atoms with Crippen molar-refractivity contribution in [3.05, 3.63) is 28.9 Å². The summed E-state index contributed by atoms with van der Waals surface area (Å²) in [5.74, 6) is -0.182. The molecule has 0 aliphatic heterocycles. The molecule has 0 N–H and O–H groups in total. The summed E-state index contributed by atoms with van der Waals surface area (Å²) in [6, 6.07) is 6.02. The van der Waals surface area contributed by atoms with Crippen molar-refractivity contribution in [3.63, 3.8) is 0 Å². The number of halogens is 4. The maximum atomic E-state index is 13.0. The van der Waals surface area contributed by atoms with Crippen molar-refractivity contribution in [1.82, 2.24) is 24.8 Å². The summed E-state index contributed by atoms with van der Waals surface area (Å²) in [6.07, 6.45) is -4.66. The van der Waals surface area contributed by atoms with Crippen LogP contribution in [0.25, 0.3) is 11.0 Å². The fourth-order valence-electron chi connectivity index (χ4n) is 2.28. The average molecular weight is 371 g/mol. The number of nitriles is 1. The van der Waals surface area contributed by atoms with Gasteiger partial charge in [0.05, 0.1) is 11.6 Å². The molecule has 0 aliphatic rings. The van der Waals surface area contributed by atoms with E-state index < -0.39 is 22.9 Å². The molecule has 0 fully saturated rings. The van der Waals surface area contributed by atoms with Gasteiger partial charge < -0.3 is 4.74 Å². The Labute approximate surface area is 144 Å². The fourth-order valence-corrected chi connectivity index (χ4v) is 2.58. The second kappa shape index (κ2) is 5.93. The molecule has 1 unspecified atom stereocenters. The smallest absolute Gasteiger partial charge is 0.434 e. The van der Waals surface area contributed by atoms with Gasteiger partial charge in [-0.05, 0) is 19.1 Å². The number of rotatable bonds is 3. The highest BCUT2D eigenvalue weighted by molar-refractivity contribution is 6.32. The van der Waals surface area contributed by atoms with Crippen LogP contribution in [0.3, 0.4) is 0 Å². The van der Waals surface area contributed by atoms with E-state index in [1.54, 1.807) is 13.0 Å². The molecule has 0 amide bonds. The molecule has 0 bridgehead atoms. The van der Waals surface area contributed by atoms with Crippen LogP contribution in [0.15, 0.2) is 18.2 Å². The van der Waals surface area contributed by atoms with Gasteiger partial charge in [0.1, 0.15) is 22.3 Å². The van der Waals surface area contributed by atoms with Gasteiger partial charge in [-0.2, -0.15) is 18.4 Å². The van der Waals surface area contributed by atoms with E-state index in [0.29, 0.717) is 15.7 Å². The van der Waals surface area contributed by atoms with Gasteiger partial charge in [0.2, 0.25) is 0 Å². The van der Waals surface area contributed by atoms with E-state index in [2.05, 4.69) is 15.4 Å². The largest absolute Gasteiger partial charge is 0.436 e. The Morgan fingerprint density at radius 3 is 2.68 bits per heavy atom. The highest BCUT2D eigenvalue weighted by Crippen LogP contribution is 2.40. The first kappa shape index (κ1) is 17.0. The van der Waals surface area contributed by atoms with Crippen LogP contribution in [0.4, 0.5) is 13.2 Å². The minimum atomic E-state index is -4.66. The zero-order valence-electron chi connectivity index (χ0n) is 12.9. The standard InChI is InChI=1S/C14H10ClF3N6O/c1-7(6-19)24-10-5-8(3-4-9(10)20-22-24)25-13-11(15)12(14(16,17)18)23(2)21-13/h3-5,7H,1-2H3. The van der Waals surface area contributed by atoms with Crippen LogP contribution in [0.1, 0.15) is 18.7 Å². The first-order chi connectivity index (χ1) is 11.7. The van der Waals surface area contributed by atoms with Gasteiger partial charge in [0, 0.05) is 13.1 Å². The molecule has 7 nitrogen and oxygen atoms in total. The third-order valence-corrected chi connectivity index (χ3v) is 3.78. The summed E-state index contributed by atoms with van der Waals surface area (Å²) in [6.45, 7) is 1.63. The normalized spacial score (nSPS) is 13.0. The molecule has 2 aromatic heterocycles. The zero-order valence-corrected chi connectivity index (χ0v) is 13.7. The third-order valence-electron chi connectivity index (χ3n) is 3.44. The predicted octanol–water partition coefficient (Wildman–Crippen LogP) is 3.71. The summed E-state index contributed by atoms with van der Waals surface area (Å²) < 4.78 is 46.3. The van der Waals surface area contributed by atoms with Gasteiger partial charge in [-0.1, -0.05) is 16.8 Å². The number of alkyl halides is 3.